The Bertz CT molecular complexity index is 637. The summed E-state index contributed by atoms with van der Waals surface area (Å²) in [6, 6.07) is 13.4. The summed E-state index contributed by atoms with van der Waals surface area (Å²) < 4.78 is 25.0. The van der Waals surface area contributed by atoms with E-state index in [0.717, 1.165) is 5.56 Å². The van der Waals surface area contributed by atoms with Gasteiger partial charge >= 0.3 is 0 Å². The van der Waals surface area contributed by atoms with E-state index in [1.165, 1.54) is 12.1 Å². The molecule has 0 bridgehead atoms. The summed E-state index contributed by atoms with van der Waals surface area (Å²) in [6.45, 7) is 0.242. The van der Waals surface area contributed by atoms with Crippen molar-refractivity contribution in [2.75, 3.05) is 0 Å². The van der Waals surface area contributed by atoms with Crippen LogP contribution < -0.4 is 5.32 Å². The molecule has 2 nitrogen and oxygen atoms in total. The molecular formula is C15H12ClF2NOS. The Morgan fingerprint density at radius 3 is 2.52 bits per heavy atom. The van der Waals surface area contributed by atoms with Crippen molar-refractivity contribution in [3.63, 3.8) is 0 Å². The van der Waals surface area contributed by atoms with Gasteiger partial charge in [-0.3, -0.25) is 4.79 Å². The number of thioether (sulfide) groups is 1. The van der Waals surface area contributed by atoms with Gasteiger partial charge in [-0.2, -0.15) is 8.78 Å². The van der Waals surface area contributed by atoms with Crippen molar-refractivity contribution in [3.05, 3.63) is 64.7 Å². The molecule has 0 aliphatic heterocycles. The Labute approximate surface area is 130 Å². The summed E-state index contributed by atoms with van der Waals surface area (Å²) in [6.07, 6.45) is 0. The Hall–Kier alpha value is -1.59. The van der Waals surface area contributed by atoms with Crippen LogP contribution in [0.5, 0.6) is 0 Å². The molecule has 2 rings (SSSR count). The third-order valence-electron chi connectivity index (χ3n) is 2.74. The highest BCUT2D eigenvalue weighted by Gasteiger charge is 2.15. The van der Waals surface area contributed by atoms with Crippen LogP contribution in [0, 0.1) is 0 Å². The van der Waals surface area contributed by atoms with Crippen LogP contribution >= 0.6 is 23.4 Å². The molecule has 1 amide bonds. The second-order valence-corrected chi connectivity index (χ2v) is 5.59. The number of alkyl halides is 2. The molecule has 0 aliphatic carbocycles. The number of halogens is 3. The van der Waals surface area contributed by atoms with E-state index in [9.17, 15) is 13.6 Å². The zero-order valence-electron chi connectivity index (χ0n) is 10.9. The number of carbonyl (C=O) groups excluding carboxylic acids is 1. The van der Waals surface area contributed by atoms with Crippen LogP contribution in [-0.2, 0) is 6.54 Å². The average Bonchev–Trinajstić information content (AvgIpc) is 2.46. The lowest BCUT2D eigenvalue weighted by Crippen LogP contribution is -2.23. The van der Waals surface area contributed by atoms with Crippen LogP contribution in [0.25, 0.3) is 0 Å². The number of rotatable bonds is 5. The lowest BCUT2D eigenvalue weighted by molar-refractivity contribution is 0.0948. The minimum atomic E-state index is -2.57. The first-order valence-corrected chi connectivity index (χ1v) is 7.39. The zero-order chi connectivity index (χ0) is 15.2. The lowest BCUT2D eigenvalue weighted by Gasteiger charge is -2.10. The van der Waals surface area contributed by atoms with E-state index in [4.69, 9.17) is 11.6 Å². The van der Waals surface area contributed by atoms with Gasteiger partial charge in [-0.15, -0.1) is 0 Å². The first kappa shape index (κ1) is 15.8. The van der Waals surface area contributed by atoms with Gasteiger partial charge in [-0.25, -0.2) is 0 Å². The molecule has 0 unspecified atom stereocenters. The first-order valence-electron chi connectivity index (χ1n) is 6.13. The molecule has 21 heavy (non-hydrogen) atoms. The summed E-state index contributed by atoms with van der Waals surface area (Å²) in [7, 11) is 0. The molecule has 1 N–H and O–H groups in total. The van der Waals surface area contributed by atoms with Crippen molar-refractivity contribution in [3.8, 4) is 0 Å². The quantitative estimate of drug-likeness (QED) is 0.814. The van der Waals surface area contributed by atoms with E-state index in [-0.39, 0.29) is 17.0 Å². The van der Waals surface area contributed by atoms with Crippen LogP contribution in [0.3, 0.4) is 0 Å². The average molecular weight is 328 g/mol. The summed E-state index contributed by atoms with van der Waals surface area (Å²) in [5, 5.41) is 3.24. The van der Waals surface area contributed by atoms with Crippen molar-refractivity contribution in [1.29, 1.82) is 0 Å². The number of hydrogen-bond donors (Lipinski definition) is 1. The fourth-order valence-electron chi connectivity index (χ4n) is 1.77. The zero-order valence-corrected chi connectivity index (χ0v) is 12.4. The molecule has 6 heteroatoms. The first-order chi connectivity index (χ1) is 10.1. The van der Waals surface area contributed by atoms with Gasteiger partial charge in [0.15, 0.2) is 0 Å². The SMILES string of the molecule is O=C(NCc1ccccc1Cl)c1ccccc1SC(F)F. The summed E-state index contributed by atoms with van der Waals surface area (Å²) >= 11 is 6.36. The second kappa shape index (κ2) is 7.43. The Balaban J connectivity index is 2.09. The molecule has 0 saturated heterocycles. The van der Waals surface area contributed by atoms with E-state index in [2.05, 4.69) is 5.32 Å². The summed E-state index contributed by atoms with van der Waals surface area (Å²) in [4.78, 5) is 12.4. The molecular weight excluding hydrogens is 316 g/mol. The maximum Gasteiger partial charge on any atom is 0.288 e. The van der Waals surface area contributed by atoms with Crippen molar-refractivity contribution in [2.24, 2.45) is 0 Å². The predicted molar refractivity (Wildman–Crippen MR) is 80.9 cm³/mol. The molecule has 0 heterocycles. The highest BCUT2D eigenvalue weighted by atomic mass is 35.5. The van der Waals surface area contributed by atoms with E-state index in [1.54, 1.807) is 30.3 Å². The van der Waals surface area contributed by atoms with Crippen LogP contribution in [-0.4, -0.2) is 11.7 Å². The van der Waals surface area contributed by atoms with Crippen molar-refractivity contribution in [1.82, 2.24) is 5.32 Å². The van der Waals surface area contributed by atoms with E-state index in [1.807, 2.05) is 6.07 Å². The maximum absolute atomic E-state index is 12.5. The van der Waals surface area contributed by atoms with Gasteiger partial charge < -0.3 is 5.32 Å². The van der Waals surface area contributed by atoms with Gasteiger partial charge in [-0.05, 0) is 23.8 Å². The largest absolute Gasteiger partial charge is 0.348 e. The van der Waals surface area contributed by atoms with Gasteiger partial charge in [0.25, 0.3) is 11.7 Å². The third-order valence-corrected chi connectivity index (χ3v) is 3.90. The van der Waals surface area contributed by atoms with Crippen molar-refractivity contribution < 1.29 is 13.6 Å². The standard InChI is InChI=1S/C15H12ClF2NOS/c16-12-7-3-1-5-10(12)9-19-14(20)11-6-2-4-8-13(11)21-15(17)18/h1-8,15H,9H2,(H,19,20). The molecule has 2 aromatic carbocycles. The highest BCUT2D eigenvalue weighted by molar-refractivity contribution is 7.99. The molecule has 0 aliphatic rings. The van der Waals surface area contributed by atoms with E-state index >= 15 is 0 Å². The summed E-state index contributed by atoms with van der Waals surface area (Å²) in [5.41, 5.74) is 1.00. The minimum Gasteiger partial charge on any atom is -0.348 e. The maximum atomic E-state index is 12.5. The van der Waals surface area contributed by atoms with Gasteiger partial charge in [-0.1, -0.05) is 53.7 Å². The number of nitrogens with one attached hydrogen (secondary N) is 1. The molecule has 0 radical (unpaired) electrons. The molecule has 0 saturated carbocycles. The monoisotopic (exact) mass is 327 g/mol. The van der Waals surface area contributed by atoms with Gasteiger partial charge in [0, 0.05) is 16.5 Å². The Kier molecular flexibility index (Phi) is 5.59. The minimum absolute atomic E-state index is 0.231. The molecule has 2 aromatic rings. The van der Waals surface area contributed by atoms with Crippen molar-refractivity contribution in [2.45, 2.75) is 17.2 Å². The number of carbonyl (C=O) groups is 1. The number of hydrogen-bond acceptors (Lipinski definition) is 2. The van der Waals surface area contributed by atoms with Crippen LogP contribution in [0.2, 0.25) is 5.02 Å². The summed E-state index contributed by atoms with van der Waals surface area (Å²) in [5.74, 6) is -2.97. The lowest BCUT2D eigenvalue weighted by atomic mass is 10.2. The topological polar surface area (TPSA) is 29.1 Å². The van der Waals surface area contributed by atoms with Crippen molar-refractivity contribution >= 4 is 29.3 Å². The third kappa shape index (κ3) is 4.44. The van der Waals surface area contributed by atoms with E-state index in [0.29, 0.717) is 16.8 Å². The molecule has 110 valence electrons. The van der Waals surface area contributed by atoms with Gasteiger partial charge in [0.2, 0.25) is 0 Å². The number of amides is 1. The number of benzene rings is 2. The Morgan fingerprint density at radius 2 is 1.81 bits per heavy atom. The molecule has 0 spiro atoms. The fraction of sp³-hybridized carbons (Fsp3) is 0.133. The molecule has 0 atom stereocenters. The fourth-order valence-corrected chi connectivity index (χ4v) is 2.60. The second-order valence-electron chi connectivity index (χ2n) is 4.15. The van der Waals surface area contributed by atoms with Crippen LogP contribution in [0.4, 0.5) is 8.78 Å². The smallest absolute Gasteiger partial charge is 0.288 e. The van der Waals surface area contributed by atoms with Gasteiger partial charge in [0.05, 0.1) is 5.56 Å². The normalized spacial score (nSPS) is 10.7. The Morgan fingerprint density at radius 1 is 1.14 bits per heavy atom. The van der Waals surface area contributed by atoms with E-state index < -0.39 is 11.7 Å². The van der Waals surface area contributed by atoms with Crippen LogP contribution in [0.15, 0.2) is 53.4 Å². The highest BCUT2D eigenvalue weighted by Crippen LogP contribution is 2.28. The molecule has 0 fully saturated rings. The van der Waals surface area contributed by atoms with Crippen LogP contribution in [0.1, 0.15) is 15.9 Å². The molecule has 0 aromatic heterocycles. The van der Waals surface area contributed by atoms with Gasteiger partial charge in [0.1, 0.15) is 0 Å². The predicted octanol–water partition coefficient (Wildman–Crippen LogP) is 4.58.